The van der Waals surface area contributed by atoms with Gasteiger partial charge in [-0.3, -0.25) is 0 Å². The number of thiocarbonyl (C=S) groups is 1. The summed E-state index contributed by atoms with van der Waals surface area (Å²) < 4.78 is 10.7. The molecule has 0 aromatic rings. The number of ether oxygens (including phenoxy) is 2. The van der Waals surface area contributed by atoms with E-state index in [1.807, 2.05) is 0 Å². The van der Waals surface area contributed by atoms with Gasteiger partial charge in [0, 0.05) is 32.8 Å². The highest BCUT2D eigenvalue weighted by atomic mass is 32.1. The summed E-state index contributed by atoms with van der Waals surface area (Å²) in [6, 6.07) is 0.247. The molecule has 1 aliphatic rings. The van der Waals surface area contributed by atoms with Gasteiger partial charge in [0.05, 0.1) is 12.7 Å². The Bertz CT molecular complexity index is 226. The minimum atomic E-state index is 0.247. The molecule has 0 bridgehead atoms. The fourth-order valence-electron chi connectivity index (χ4n) is 1.77. The summed E-state index contributed by atoms with van der Waals surface area (Å²) >= 11 is 5.38. The molecule has 1 aliphatic heterocycles. The van der Waals surface area contributed by atoms with Gasteiger partial charge < -0.3 is 19.7 Å². The summed E-state index contributed by atoms with van der Waals surface area (Å²) in [5, 5.41) is 4.08. The summed E-state index contributed by atoms with van der Waals surface area (Å²) in [5.41, 5.74) is 0. The lowest BCUT2D eigenvalue weighted by Gasteiger charge is -2.27. The van der Waals surface area contributed by atoms with Gasteiger partial charge in [0.25, 0.3) is 0 Å². The highest BCUT2D eigenvalue weighted by molar-refractivity contribution is 7.80. The molecular formula is C11H22N2O2S. The molecule has 0 spiro atoms. The van der Waals surface area contributed by atoms with Gasteiger partial charge >= 0.3 is 0 Å². The van der Waals surface area contributed by atoms with E-state index >= 15 is 0 Å². The lowest BCUT2D eigenvalue weighted by Crippen LogP contribution is -2.47. The number of nitrogens with zero attached hydrogens (tertiary/aromatic N) is 1. The molecule has 1 fully saturated rings. The Morgan fingerprint density at radius 3 is 3.12 bits per heavy atom. The third-order valence-corrected chi connectivity index (χ3v) is 2.90. The maximum Gasteiger partial charge on any atom is 0.169 e. The first-order valence-corrected chi connectivity index (χ1v) is 6.20. The van der Waals surface area contributed by atoms with E-state index in [4.69, 9.17) is 21.7 Å². The van der Waals surface area contributed by atoms with Gasteiger partial charge in [0.1, 0.15) is 0 Å². The van der Waals surface area contributed by atoms with Crippen LogP contribution in [0.1, 0.15) is 20.3 Å². The summed E-state index contributed by atoms with van der Waals surface area (Å²) in [4.78, 5) is 2.18. The van der Waals surface area contributed by atoms with Crippen molar-refractivity contribution in [1.29, 1.82) is 0 Å². The Labute approximate surface area is 103 Å². The van der Waals surface area contributed by atoms with Crippen molar-refractivity contribution in [2.75, 3.05) is 33.4 Å². The van der Waals surface area contributed by atoms with Crippen LogP contribution >= 0.6 is 12.2 Å². The first-order valence-electron chi connectivity index (χ1n) is 5.79. The Balaban J connectivity index is 2.39. The third kappa shape index (κ3) is 4.63. The van der Waals surface area contributed by atoms with E-state index in [0.29, 0.717) is 6.61 Å². The van der Waals surface area contributed by atoms with Gasteiger partial charge in [0.15, 0.2) is 5.11 Å². The third-order valence-electron chi connectivity index (χ3n) is 2.53. The fraction of sp³-hybridized carbons (Fsp3) is 0.909. The second-order valence-corrected chi connectivity index (χ2v) is 4.67. The number of methoxy groups -OCH3 is 1. The number of nitrogens with one attached hydrogen (secondary N) is 1. The molecule has 0 saturated carbocycles. The predicted molar refractivity (Wildman–Crippen MR) is 68.7 cm³/mol. The van der Waals surface area contributed by atoms with Crippen molar-refractivity contribution in [3.05, 3.63) is 0 Å². The molecule has 4 nitrogen and oxygen atoms in total. The van der Waals surface area contributed by atoms with Crippen LogP contribution in [0.2, 0.25) is 0 Å². The molecule has 0 aromatic heterocycles. The molecule has 0 amide bonds. The van der Waals surface area contributed by atoms with Crippen molar-refractivity contribution < 1.29 is 9.47 Å². The molecule has 0 radical (unpaired) electrons. The van der Waals surface area contributed by atoms with Crippen molar-refractivity contribution in [2.24, 2.45) is 0 Å². The zero-order chi connectivity index (χ0) is 12.0. The molecule has 2 unspecified atom stereocenters. The molecule has 0 aromatic carbocycles. The summed E-state index contributed by atoms with van der Waals surface area (Å²) in [7, 11) is 1.70. The van der Waals surface area contributed by atoms with Crippen LogP contribution < -0.4 is 5.32 Å². The zero-order valence-electron chi connectivity index (χ0n) is 10.4. The van der Waals surface area contributed by atoms with E-state index in [1.165, 1.54) is 0 Å². The topological polar surface area (TPSA) is 33.7 Å². The van der Waals surface area contributed by atoms with E-state index in [-0.39, 0.29) is 12.1 Å². The van der Waals surface area contributed by atoms with E-state index in [1.54, 1.807) is 7.11 Å². The van der Waals surface area contributed by atoms with Crippen LogP contribution in [0.5, 0.6) is 0 Å². The summed E-state index contributed by atoms with van der Waals surface area (Å²) in [5.74, 6) is 0. The van der Waals surface area contributed by atoms with Crippen LogP contribution in [0.25, 0.3) is 0 Å². The Morgan fingerprint density at radius 1 is 1.69 bits per heavy atom. The van der Waals surface area contributed by atoms with Crippen LogP contribution in [0.3, 0.4) is 0 Å². The standard InChI is InChI=1S/C11H22N2O2S/c1-9(8-14-3)12-11(16)13-5-4-6-15-10(2)7-13/h9-10H,4-8H2,1-3H3,(H,12,16). The Kier molecular flexibility index (Phi) is 6.01. The largest absolute Gasteiger partial charge is 0.383 e. The van der Waals surface area contributed by atoms with Gasteiger partial charge in [0.2, 0.25) is 0 Å². The predicted octanol–water partition coefficient (Wildman–Crippen LogP) is 1.01. The quantitative estimate of drug-likeness (QED) is 0.752. The minimum absolute atomic E-state index is 0.247. The van der Waals surface area contributed by atoms with Crippen molar-refractivity contribution in [1.82, 2.24) is 10.2 Å². The van der Waals surface area contributed by atoms with Gasteiger partial charge in [-0.05, 0) is 32.5 Å². The fourth-order valence-corrected chi connectivity index (χ4v) is 2.14. The maximum absolute atomic E-state index is 5.58. The van der Waals surface area contributed by atoms with Crippen molar-refractivity contribution >= 4 is 17.3 Å². The molecule has 0 aliphatic carbocycles. The Hall–Kier alpha value is -0.390. The van der Waals surface area contributed by atoms with Crippen molar-refractivity contribution in [3.63, 3.8) is 0 Å². The van der Waals surface area contributed by atoms with Gasteiger partial charge in [-0.2, -0.15) is 0 Å². The minimum Gasteiger partial charge on any atom is -0.383 e. The molecule has 16 heavy (non-hydrogen) atoms. The molecule has 2 atom stereocenters. The number of rotatable bonds is 3. The monoisotopic (exact) mass is 246 g/mol. The van der Waals surface area contributed by atoms with Gasteiger partial charge in [-0.15, -0.1) is 0 Å². The van der Waals surface area contributed by atoms with Gasteiger partial charge in [-0.25, -0.2) is 0 Å². The number of hydrogen-bond donors (Lipinski definition) is 1. The zero-order valence-corrected chi connectivity index (χ0v) is 11.2. The first-order chi connectivity index (χ1) is 7.63. The van der Waals surface area contributed by atoms with E-state index in [9.17, 15) is 0 Å². The highest BCUT2D eigenvalue weighted by Crippen LogP contribution is 2.05. The molecule has 1 rings (SSSR count). The Morgan fingerprint density at radius 2 is 2.44 bits per heavy atom. The van der Waals surface area contributed by atoms with Crippen LogP contribution in [0.4, 0.5) is 0 Å². The molecule has 1 N–H and O–H groups in total. The normalized spacial score (nSPS) is 23.7. The van der Waals surface area contributed by atoms with Crippen molar-refractivity contribution in [2.45, 2.75) is 32.4 Å². The second kappa shape index (κ2) is 7.04. The molecular weight excluding hydrogens is 224 g/mol. The van der Waals surface area contributed by atoms with Crippen LogP contribution in [-0.2, 0) is 9.47 Å². The molecule has 1 saturated heterocycles. The molecule has 1 heterocycles. The molecule has 5 heteroatoms. The maximum atomic E-state index is 5.58. The first kappa shape index (κ1) is 13.7. The van der Waals surface area contributed by atoms with Crippen LogP contribution in [0, 0.1) is 0 Å². The average Bonchev–Trinajstić information content (AvgIpc) is 2.43. The lowest BCUT2D eigenvalue weighted by molar-refractivity contribution is 0.0741. The highest BCUT2D eigenvalue weighted by Gasteiger charge is 2.18. The SMILES string of the molecule is COCC(C)NC(=S)N1CCCOC(C)C1. The lowest BCUT2D eigenvalue weighted by atomic mass is 10.3. The molecule has 94 valence electrons. The smallest absolute Gasteiger partial charge is 0.169 e. The van der Waals surface area contributed by atoms with E-state index in [2.05, 4.69) is 24.1 Å². The van der Waals surface area contributed by atoms with E-state index in [0.717, 1.165) is 31.2 Å². The summed E-state index contributed by atoms with van der Waals surface area (Å²) in [6.45, 7) is 7.47. The van der Waals surface area contributed by atoms with E-state index < -0.39 is 0 Å². The summed E-state index contributed by atoms with van der Waals surface area (Å²) in [6.07, 6.45) is 1.28. The second-order valence-electron chi connectivity index (χ2n) is 4.29. The van der Waals surface area contributed by atoms with Crippen LogP contribution in [0.15, 0.2) is 0 Å². The van der Waals surface area contributed by atoms with Crippen molar-refractivity contribution in [3.8, 4) is 0 Å². The number of hydrogen-bond acceptors (Lipinski definition) is 3. The van der Waals surface area contributed by atoms with Gasteiger partial charge in [-0.1, -0.05) is 0 Å². The van der Waals surface area contributed by atoms with Crippen LogP contribution in [-0.4, -0.2) is 55.6 Å². The average molecular weight is 246 g/mol.